The van der Waals surface area contributed by atoms with E-state index >= 15 is 0 Å². The molecule has 1 aromatic heterocycles. The van der Waals surface area contributed by atoms with Crippen LogP contribution < -0.4 is 16.8 Å². The molecule has 2 aromatic rings. The van der Waals surface area contributed by atoms with Crippen molar-refractivity contribution in [2.45, 2.75) is 19.4 Å². The van der Waals surface area contributed by atoms with Gasteiger partial charge >= 0.3 is 0 Å². The maximum Gasteiger partial charge on any atom is 0.250 e. The number of unbranched alkanes of at least 4 members (excludes halogenated alkanes) is 1. The molecule has 106 valence electrons. The van der Waals surface area contributed by atoms with E-state index in [9.17, 15) is 4.79 Å². The zero-order chi connectivity index (χ0) is 14.4. The van der Waals surface area contributed by atoms with Crippen LogP contribution in [0.15, 0.2) is 36.9 Å². The van der Waals surface area contributed by atoms with E-state index in [-0.39, 0.29) is 0 Å². The lowest BCUT2D eigenvalue weighted by Gasteiger charge is -2.09. The zero-order valence-corrected chi connectivity index (χ0v) is 11.2. The third-order valence-corrected chi connectivity index (χ3v) is 3.05. The number of amides is 1. The predicted molar refractivity (Wildman–Crippen MR) is 79.3 cm³/mol. The minimum absolute atomic E-state index is 0.355. The molecule has 6 heteroatoms. The fraction of sp³-hybridized carbons (Fsp3) is 0.286. The Morgan fingerprint density at radius 1 is 1.35 bits per heavy atom. The Morgan fingerprint density at radius 3 is 2.90 bits per heavy atom. The summed E-state index contributed by atoms with van der Waals surface area (Å²) >= 11 is 0. The van der Waals surface area contributed by atoms with Crippen LogP contribution in [0.25, 0.3) is 0 Å². The lowest BCUT2D eigenvalue weighted by atomic mass is 10.1. The fourth-order valence-corrected chi connectivity index (χ4v) is 1.95. The highest BCUT2D eigenvalue weighted by atomic mass is 16.1. The number of nitrogens with two attached hydrogens (primary N) is 2. The van der Waals surface area contributed by atoms with Crippen LogP contribution >= 0.6 is 0 Å². The molecule has 0 saturated carbocycles. The average molecular weight is 273 g/mol. The second-order valence-electron chi connectivity index (χ2n) is 4.60. The molecule has 0 fully saturated rings. The Bertz CT molecular complexity index is 565. The molecule has 1 aromatic carbocycles. The standard InChI is InChI=1S/C14H19N5O/c15-13-4-3-11(9-12(13)14(16)20)18-5-1-2-7-19-8-6-17-10-19/h3-4,6,8-10,18H,1-2,5,7,15H2,(H2,16,20). The highest BCUT2D eigenvalue weighted by Gasteiger charge is 2.06. The molecule has 1 heterocycles. The largest absolute Gasteiger partial charge is 0.398 e. The van der Waals surface area contributed by atoms with Crippen molar-refractivity contribution in [1.29, 1.82) is 0 Å². The molecule has 5 N–H and O–H groups in total. The molecule has 2 rings (SSSR count). The van der Waals surface area contributed by atoms with Crippen LogP contribution in [0, 0.1) is 0 Å². The van der Waals surface area contributed by atoms with Gasteiger partial charge in [-0.2, -0.15) is 0 Å². The van der Waals surface area contributed by atoms with Gasteiger partial charge in [0.1, 0.15) is 0 Å². The van der Waals surface area contributed by atoms with E-state index in [0.717, 1.165) is 31.6 Å². The second kappa shape index (κ2) is 6.60. The van der Waals surface area contributed by atoms with Gasteiger partial charge in [0.2, 0.25) is 0 Å². The summed E-state index contributed by atoms with van der Waals surface area (Å²) in [5.41, 5.74) is 12.6. The Morgan fingerprint density at radius 2 is 2.20 bits per heavy atom. The number of aromatic nitrogens is 2. The van der Waals surface area contributed by atoms with Gasteiger partial charge in [-0.15, -0.1) is 0 Å². The first-order valence-electron chi connectivity index (χ1n) is 6.56. The van der Waals surface area contributed by atoms with Gasteiger partial charge in [0.25, 0.3) is 5.91 Å². The van der Waals surface area contributed by atoms with Gasteiger partial charge in [0.15, 0.2) is 0 Å². The van der Waals surface area contributed by atoms with Crippen LogP contribution in [-0.2, 0) is 6.54 Å². The number of carbonyl (C=O) groups is 1. The molecule has 0 spiro atoms. The van der Waals surface area contributed by atoms with Crippen LogP contribution in [0.4, 0.5) is 11.4 Å². The smallest absolute Gasteiger partial charge is 0.250 e. The molecule has 0 radical (unpaired) electrons. The number of primary amides is 1. The SMILES string of the molecule is NC(=O)c1cc(NCCCCn2ccnc2)ccc1N. The number of nitrogens with zero attached hydrogens (tertiary/aromatic N) is 2. The molecular formula is C14H19N5O. The topological polar surface area (TPSA) is 99.0 Å². The zero-order valence-electron chi connectivity index (χ0n) is 11.2. The van der Waals surface area contributed by atoms with Crippen molar-refractivity contribution in [3.8, 4) is 0 Å². The van der Waals surface area contributed by atoms with Crippen LogP contribution in [0.5, 0.6) is 0 Å². The fourth-order valence-electron chi connectivity index (χ4n) is 1.95. The van der Waals surface area contributed by atoms with Crippen molar-refractivity contribution in [3.63, 3.8) is 0 Å². The van der Waals surface area contributed by atoms with Gasteiger partial charge in [0.05, 0.1) is 11.9 Å². The Balaban J connectivity index is 1.76. The quantitative estimate of drug-likeness (QED) is 0.525. The number of anilines is 2. The van der Waals surface area contributed by atoms with Gasteiger partial charge in [-0.05, 0) is 31.0 Å². The normalized spacial score (nSPS) is 10.4. The maximum absolute atomic E-state index is 11.2. The minimum atomic E-state index is -0.508. The summed E-state index contributed by atoms with van der Waals surface area (Å²) in [5.74, 6) is -0.508. The van der Waals surface area contributed by atoms with E-state index < -0.39 is 5.91 Å². The van der Waals surface area contributed by atoms with Crippen LogP contribution in [0.2, 0.25) is 0 Å². The molecule has 0 aliphatic heterocycles. The van der Waals surface area contributed by atoms with Gasteiger partial charge in [-0.3, -0.25) is 4.79 Å². The lowest BCUT2D eigenvalue weighted by molar-refractivity contribution is 0.100. The van der Waals surface area contributed by atoms with E-state index in [0.29, 0.717) is 11.3 Å². The second-order valence-corrected chi connectivity index (χ2v) is 4.60. The van der Waals surface area contributed by atoms with Crippen LogP contribution in [0.3, 0.4) is 0 Å². The van der Waals surface area contributed by atoms with Crippen molar-refractivity contribution >= 4 is 17.3 Å². The number of benzene rings is 1. The van der Waals surface area contributed by atoms with Crippen molar-refractivity contribution in [1.82, 2.24) is 9.55 Å². The number of nitrogens with one attached hydrogen (secondary N) is 1. The van der Waals surface area contributed by atoms with Gasteiger partial charge in [0, 0.05) is 36.9 Å². The van der Waals surface area contributed by atoms with Crippen LogP contribution in [-0.4, -0.2) is 22.0 Å². The third-order valence-electron chi connectivity index (χ3n) is 3.05. The molecule has 0 unspecified atom stereocenters. The highest BCUT2D eigenvalue weighted by Crippen LogP contribution is 2.17. The summed E-state index contributed by atoms with van der Waals surface area (Å²) in [4.78, 5) is 15.2. The first-order chi connectivity index (χ1) is 9.66. The number of carbonyl (C=O) groups excluding carboxylic acids is 1. The number of nitrogen functional groups attached to an aromatic ring is 1. The predicted octanol–water partition coefficient (Wildman–Crippen LogP) is 1.46. The number of hydrogen-bond donors (Lipinski definition) is 3. The highest BCUT2D eigenvalue weighted by molar-refractivity contribution is 5.98. The molecular weight excluding hydrogens is 254 g/mol. The number of hydrogen-bond acceptors (Lipinski definition) is 4. The average Bonchev–Trinajstić information content (AvgIpc) is 2.93. The number of aryl methyl sites for hydroxylation is 1. The molecule has 0 aliphatic carbocycles. The van der Waals surface area contributed by atoms with Crippen molar-refractivity contribution in [2.75, 3.05) is 17.6 Å². The summed E-state index contributed by atoms with van der Waals surface area (Å²) in [7, 11) is 0. The Labute approximate surface area is 117 Å². The summed E-state index contributed by atoms with van der Waals surface area (Å²) in [6.07, 6.45) is 7.62. The first-order valence-corrected chi connectivity index (χ1v) is 6.56. The lowest BCUT2D eigenvalue weighted by Crippen LogP contribution is -2.14. The number of rotatable bonds is 7. The Hall–Kier alpha value is -2.50. The molecule has 1 amide bonds. The summed E-state index contributed by atoms with van der Waals surface area (Å²) in [6, 6.07) is 5.22. The summed E-state index contributed by atoms with van der Waals surface area (Å²) < 4.78 is 2.05. The Kier molecular flexibility index (Phi) is 4.60. The molecule has 20 heavy (non-hydrogen) atoms. The van der Waals surface area contributed by atoms with Crippen molar-refractivity contribution in [3.05, 3.63) is 42.5 Å². The van der Waals surface area contributed by atoms with E-state index in [2.05, 4.69) is 14.9 Å². The third kappa shape index (κ3) is 3.74. The van der Waals surface area contributed by atoms with Gasteiger partial charge in [-0.1, -0.05) is 0 Å². The van der Waals surface area contributed by atoms with E-state index in [4.69, 9.17) is 11.5 Å². The molecule has 0 atom stereocenters. The number of imidazole rings is 1. The van der Waals surface area contributed by atoms with Crippen LogP contribution in [0.1, 0.15) is 23.2 Å². The maximum atomic E-state index is 11.2. The van der Waals surface area contributed by atoms with E-state index in [1.807, 2.05) is 18.6 Å². The van der Waals surface area contributed by atoms with Crippen molar-refractivity contribution < 1.29 is 4.79 Å². The molecule has 0 aliphatic rings. The van der Waals surface area contributed by atoms with E-state index in [1.54, 1.807) is 18.3 Å². The first kappa shape index (κ1) is 13.9. The molecule has 0 saturated heterocycles. The van der Waals surface area contributed by atoms with Gasteiger partial charge < -0.3 is 21.4 Å². The van der Waals surface area contributed by atoms with Gasteiger partial charge in [-0.25, -0.2) is 4.98 Å². The summed E-state index contributed by atoms with van der Waals surface area (Å²) in [6.45, 7) is 1.78. The molecule has 0 bridgehead atoms. The monoisotopic (exact) mass is 273 g/mol. The van der Waals surface area contributed by atoms with E-state index in [1.165, 1.54) is 0 Å². The van der Waals surface area contributed by atoms with Crippen molar-refractivity contribution in [2.24, 2.45) is 5.73 Å². The molecule has 6 nitrogen and oxygen atoms in total. The minimum Gasteiger partial charge on any atom is -0.398 e. The summed E-state index contributed by atoms with van der Waals surface area (Å²) in [5, 5.41) is 3.26.